The van der Waals surface area contributed by atoms with Gasteiger partial charge in [0.1, 0.15) is 17.8 Å². The molecule has 2 aromatic rings. The van der Waals surface area contributed by atoms with E-state index in [0.717, 1.165) is 17.1 Å². The van der Waals surface area contributed by atoms with E-state index in [9.17, 15) is 4.79 Å². The Balaban J connectivity index is 1.64. The Hall–Kier alpha value is -2.08. The Morgan fingerprint density at radius 1 is 1.19 bits per heavy atom. The van der Waals surface area contributed by atoms with Crippen molar-refractivity contribution in [2.45, 2.75) is 6.54 Å². The first kappa shape index (κ1) is 13.9. The number of halogens is 1. The van der Waals surface area contributed by atoms with Crippen LogP contribution in [0.4, 0.5) is 0 Å². The molecule has 1 aromatic carbocycles. The predicted octanol–water partition coefficient (Wildman–Crippen LogP) is 2.55. The Bertz CT molecular complexity index is 658. The number of nitrogens with zero attached hydrogens (tertiary/aromatic N) is 1. The molecule has 0 unspecified atom stereocenters. The van der Waals surface area contributed by atoms with Crippen LogP contribution in [-0.2, 0) is 6.54 Å². The molecule has 0 aliphatic carbocycles. The van der Waals surface area contributed by atoms with Crippen molar-refractivity contribution in [2.24, 2.45) is 0 Å². The fourth-order valence-electron chi connectivity index (χ4n) is 1.99. The van der Waals surface area contributed by atoms with Crippen molar-refractivity contribution >= 4 is 21.8 Å². The molecule has 0 fully saturated rings. The number of nitrogens with one attached hydrogen (secondary N) is 1. The number of ether oxygens (including phenoxy) is 2. The number of fused-ring (bicyclic) bond motifs is 1. The highest BCUT2D eigenvalue weighted by molar-refractivity contribution is 9.10. The number of benzene rings is 1. The predicted molar refractivity (Wildman–Crippen MR) is 80.5 cm³/mol. The molecule has 108 valence electrons. The third-order valence-corrected chi connectivity index (χ3v) is 3.52. The van der Waals surface area contributed by atoms with Gasteiger partial charge in [-0.1, -0.05) is 6.07 Å². The molecule has 0 saturated heterocycles. The summed E-state index contributed by atoms with van der Waals surface area (Å²) in [6.07, 6.45) is 1.53. The Labute approximate surface area is 130 Å². The monoisotopic (exact) mass is 348 g/mol. The number of pyridine rings is 1. The molecule has 3 rings (SSSR count). The summed E-state index contributed by atoms with van der Waals surface area (Å²) in [5, 5.41) is 2.85. The summed E-state index contributed by atoms with van der Waals surface area (Å²) >= 11 is 3.24. The van der Waals surface area contributed by atoms with Crippen molar-refractivity contribution in [1.82, 2.24) is 10.3 Å². The highest BCUT2D eigenvalue weighted by atomic mass is 79.9. The molecule has 0 bridgehead atoms. The van der Waals surface area contributed by atoms with Gasteiger partial charge in [-0.05, 0) is 45.8 Å². The zero-order valence-electron chi connectivity index (χ0n) is 11.1. The summed E-state index contributed by atoms with van der Waals surface area (Å²) in [7, 11) is 0. The molecule has 5 nitrogen and oxygen atoms in total. The van der Waals surface area contributed by atoms with Crippen LogP contribution in [-0.4, -0.2) is 24.1 Å². The van der Waals surface area contributed by atoms with Crippen molar-refractivity contribution in [1.29, 1.82) is 0 Å². The summed E-state index contributed by atoms with van der Waals surface area (Å²) in [6.45, 7) is 1.54. The average Bonchev–Trinajstić information content (AvgIpc) is 2.53. The van der Waals surface area contributed by atoms with Crippen molar-refractivity contribution in [2.75, 3.05) is 13.2 Å². The van der Waals surface area contributed by atoms with Crippen LogP contribution in [0.15, 0.2) is 41.1 Å². The fourth-order valence-corrected chi connectivity index (χ4v) is 2.23. The summed E-state index contributed by atoms with van der Waals surface area (Å²) in [5.41, 5.74) is 1.48. The van der Waals surface area contributed by atoms with Crippen molar-refractivity contribution in [3.05, 3.63) is 52.3 Å². The molecule has 2 heterocycles. The van der Waals surface area contributed by atoms with Gasteiger partial charge in [0.2, 0.25) is 0 Å². The standard InChI is InChI=1S/C15H13BrN2O3/c16-14-4-2-11(9-17-14)15(19)18-8-10-1-3-12-13(7-10)21-6-5-20-12/h1-4,7,9H,5-6,8H2,(H,18,19). The second kappa shape index (κ2) is 6.13. The maximum absolute atomic E-state index is 12.0. The van der Waals surface area contributed by atoms with E-state index in [-0.39, 0.29) is 5.91 Å². The van der Waals surface area contributed by atoms with Crippen LogP contribution in [0.1, 0.15) is 15.9 Å². The highest BCUT2D eigenvalue weighted by Gasteiger charge is 2.12. The lowest BCUT2D eigenvalue weighted by molar-refractivity contribution is 0.0950. The Kier molecular flexibility index (Phi) is 4.06. The number of carbonyl (C=O) groups excluding carboxylic acids is 1. The van der Waals surface area contributed by atoms with Crippen LogP contribution < -0.4 is 14.8 Å². The van der Waals surface area contributed by atoms with Gasteiger partial charge in [0, 0.05) is 12.7 Å². The van der Waals surface area contributed by atoms with Crippen LogP contribution in [0.2, 0.25) is 0 Å². The molecule has 1 N–H and O–H groups in total. The van der Waals surface area contributed by atoms with Crippen molar-refractivity contribution in [3.8, 4) is 11.5 Å². The third kappa shape index (κ3) is 3.33. The molecular formula is C15H13BrN2O3. The normalized spacial score (nSPS) is 12.8. The first-order chi connectivity index (χ1) is 10.2. The summed E-state index contributed by atoms with van der Waals surface area (Å²) in [4.78, 5) is 16.0. The summed E-state index contributed by atoms with van der Waals surface area (Å²) in [5.74, 6) is 1.30. The fraction of sp³-hybridized carbons (Fsp3) is 0.200. The van der Waals surface area contributed by atoms with Gasteiger partial charge in [-0.15, -0.1) is 0 Å². The smallest absolute Gasteiger partial charge is 0.253 e. The molecular weight excluding hydrogens is 336 g/mol. The zero-order valence-corrected chi connectivity index (χ0v) is 12.7. The molecule has 0 atom stereocenters. The lowest BCUT2D eigenvalue weighted by atomic mass is 10.2. The lowest BCUT2D eigenvalue weighted by Crippen LogP contribution is -2.23. The van der Waals surface area contributed by atoms with Crippen LogP contribution in [0.5, 0.6) is 11.5 Å². The molecule has 1 aromatic heterocycles. The maximum atomic E-state index is 12.0. The van der Waals surface area contributed by atoms with Gasteiger partial charge < -0.3 is 14.8 Å². The van der Waals surface area contributed by atoms with Crippen LogP contribution in [0.25, 0.3) is 0 Å². The molecule has 6 heteroatoms. The van der Waals surface area contributed by atoms with Gasteiger partial charge in [-0.2, -0.15) is 0 Å². The third-order valence-electron chi connectivity index (χ3n) is 3.05. The molecule has 1 aliphatic rings. The van der Waals surface area contributed by atoms with E-state index in [1.54, 1.807) is 12.1 Å². The second-order valence-corrected chi connectivity index (χ2v) is 5.34. The highest BCUT2D eigenvalue weighted by Crippen LogP contribution is 2.30. The van der Waals surface area contributed by atoms with E-state index in [2.05, 4.69) is 26.2 Å². The molecule has 1 aliphatic heterocycles. The van der Waals surface area contributed by atoms with E-state index in [4.69, 9.17) is 9.47 Å². The first-order valence-corrected chi connectivity index (χ1v) is 7.30. The van der Waals surface area contributed by atoms with Gasteiger partial charge >= 0.3 is 0 Å². The quantitative estimate of drug-likeness (QED) is 0.866. The van der Waals surface area contributed by atoms with E-state index in [0.29, 0.717) is 29.9 Å². The minimum atomic E-state index is -0.162. The van der Waals surface area contributed by atoms with Crippen LogP contribution in [0.3, 0.4) is 0 Å². The van der Waals surface area contributed by atoms with Gasteiger partial charge in [0.25, 0.3) is 5.91 Å². The van der Waals surface area contributed by atoms with Crippen molar-refractivity contribution < 1.29 is 14.3 Å². The van der Waals surface area contributed by atoms with Gasteiger partial charge in [-0.3, -0.25) is 4.79 Å². The topological polar surface area (TPSA) is 60.5 Å². The largest absolute Gasteiger partial charge is 0.486 e. The number of hydrogen-bond acceptors (Lipinski definition) is 4. The van der Waals surface area contributed by atoms with E-state index < -0.39 is 0 Å². The minimum Gasteiger partial charge on any atom is -0.486 e. The number of hydrogen-bond donors (Lipinski definition) is 1. The van der Waals surface area contributed by atoms with Gasteiger partial charge in [-0.25, -0.2) is 4.98 Å². The summed E-state index contributed by atoms with van der Waals surface area (Å²) < 4.78 is 11.7. The van der Waals surface area contributed by atoms with E-state index in [1.807, 2.05) is 18.2 Å². The lowest BCUT2D eigenvalue weighted by Gasteiger charge is -2.18. The first-order valence-electron chi connectivity index (χ1n) is 6.51. The average molecular weight is 349 g/mol. The number of amides is 1. The Morgan fingerprint density at radius 2 is 2.00 bits per heavy atom. The molecule has 21 heavy (non-hydrogen) atoms. The SMILES string of the molecule is O=C(NCc1ccc2c(c1)OCCO2)c1ccc(Br)nc1. The molecule has 0 saturated carbocycles. The van der Waals surface area contributed by atoms with E-state index in [1.165, 1.54) is 6.20 Å². The van der Waals surface area contributed by atoms with Gasteiger partial charge in [0.15, 0.2) is 11.5 Å². The molecule has 0 radical (unpaired) electrons. The van der Waals surface area contributed by atoms with E-state index >= 15 is 0 Å². The number of aromatic nitrogens is 1. The number of carbonyl (C=O) groups is 1. The van der Waals surface area contributed by atoms with Crippen LogP contribution >= 0.6 is 15.9 Å². The molecule has 1 amide bonds. The second-order valence-electron chi connectivity index (χ2n) is 4.53. The van der Waals surface area contributed by atoms with Gasteiger partial charge in [0.05, 0.1) is 5.56 Å². The summed E-state index contributed by atoms with van der Waals surface area (Å²) in [6, 6.07) is 9.11. The molecule has 0 spiro atoms. The maximum Gasteiger partial charge on any atom is 0.253 e. The van der Waals surface area contributed by atoms with Crippen LogP contribution in [0, 0.1) is 0 Å². The van der Waals surface area contributed by atoms with Crippen molar-refractivity contribution in [3.63, 3.8) is 0 Å². The minimum absolute atomic E-state index is 0.162. The number of rotatable bonds is 3. The Morgan fingerprint density at radius 3 is 2.76 bits per heavy atom. The zero-order chi connectivity index (χ0) is 14.7.